The van der Waals surface area contributed by atoms with E-state index in [2.05, 4.69) is 0 Å². The Morgan fingerprint density at radius 3 is 2.50 bits per heavy atom. The van der Waals surface area contributed by atoms with Gasteiger partial charge in [0.1, 0.15) is 0 Å². The number of hydrogen-bond donors (Lipinski definition) is 1. The molecule has 0 fully saturated rings. The summed E-state index contributed by atoms with van der Waals surface area (Å²) in [5.74, 6) is -0.500. The molecule has 0 aliphatic heterocycles. The average Bonchev–Trinajstić information content (AvgIpc) is 2.27. The maximum atomic E-state index is 12.6. The van der Waals surface area contributed by atoms with Gasteiger partial charge < -0.3 is 10.6 Å². The molecule has 1 amide bonds. The summed E-state index contributed by atoms with van der Waals surface area (Å²) in [5.41, 5.74) is 3.84. The zero-order valence-electron chi connectivity index (χ0n) is 10.2. The van der Waals surface area contributed by atoms with Crippen LogP contribution in [0, 0.1) is 0 Å². The van der Waals surface area contributed by atoms with Gasteiger partial charge in [-0.3, -0.25) is 4.79 Å². The fourth-order valence-electron chi connectivity index (χ4n) is 1.64. The molecule has 0 saturated heterocycles. The second kappa shape index (κ2) is 5.29. The highest BCUT2D eigenvalue weighted by Crippen LogP contribution is 2.35. The van der Waals surface area contributed by atoms with E-state index in [-0.39, 0.29) is 5.56 Å². The minimum absolute atomic E-state index is 0.110. The van der Waals surface area contributed by atoms with E-state index in [4.69, 9.17) is 5.73 Å². The van der Waals surface area contributed by atoms with Crippen molar-refractivity contribution in [3.8, 4) is 0 Å². The van der Waals surface area contributed by atoms with Gasteiger partial charge >= 0.3 is 6.18 Å². The number of carbonyl (C=O) groups is 1. The summed E-state index contributed by atoms with van der Waals surface area (Å²) in [6, 6.07) is 3.36. The molecule has 18 heavy (non-hydrogen) atoms. The lowest BCUT2D eigenvalue weighted by atomic mass is 10.1. The molecule has 0 aliphatic rings. The van der Waals surface area contributed by atoms with Crippen LogP contribution in [0.1, 0.15) is 29.3 Å². The van der Waals surface area contributed by atoms with Gasteiger partial charge in [0.15, 0.2) is 0 Å². The lowest BCUT2D eigenvalue weighted by Gasteiger charge is -2.19. The highest BCUT2D eigenvalue weighted by molar-refractivity contribution is 5.99. The SMILES string of the molecule is CCCN(C)C(=O)c1cccc(C(F)(F)F)c1N. The molecule has 0 atom stereocenters. The minimum Gasteiger partial charge on any atom is -0.398 e. The Morgan fingerprint density at radius 1 is 1.39 bits per heavy atom. The number of alkyl halides is 3. The largest absolute Gasteiger partial charge is 0.418 e. The third kappa shape index (κ3) is 2.94. The van der Waals surface area contributed by atoms with E-state index in [0.29, 0.717) is 6.54 Å². The number of hydrogen-bond acceptors (Lipinski definition) is 2. The van der Waals surface area contributed by atoms with Gasteiger partial charge in [-0.25, -0.2) is 0 Å². The Labute approximate surface area is 103 Å². The van der Waals surface area contributed by atoms with Crippen molar-refractivity contribution >= 4 is 11.6 Å². The molecular formula is C12H15F3N2O. The molecule has 0 aliphatic carbocycles. The average molecular weight is 260 g/mol. The monoisotopic (exact) mass is 260 g/mol. The van der Waals surface area contributed by atoms with E-state index in [1.807, 2.05) is 6.92 Å². The van der Waals surface area contributed by atoms with Crippen LogP contribution in [0.2, 0.25) is 0 Å². The molecule has 0 aromatic heterocycles. The molecular weight excluding hydrogens is 245 g/mol. The number of para-hydroxylation sites is 1. The van der Waals surface area contributed by atoms with Crippen LogP contribution in [0.4, 0.5) is 18.9 Å². The summed E-state index contributed by atoms with van der Waals surface area (Å²) in [6.45, 7) is 2.34. The maximum absolute atomic E-state index is 12.6. The maximum Gasteiger partial charge on any atom is 0.418 e. The van der Waals surface area contributed by atoms with Crippen LogP contribution in [-0.2, 0) is 6.18 Å². The molecule has 0 saturated carbocycles. The number of nitrogens with two attached hydrogens (primary N) is 1. The van der Waals surface area contributed by atoms with Crippen LogP contribution in [-0.4, -0.2) is 24.4 Å². The number of anilines is 1. The molecule has 1 aromatic rings. The van der Waals surface area contributed by atoms with Crippen molar-refractivity contribution in [2.24, 2.45) is 0 Å². The second-order valence-corrected chi connectivity index (χ2v) is 3.99. The minimum atomic E-state index is -4.55. The topological polar surface area (TPSA) is 46.3 Å². The summed E-state index contributed by atoms with van der Waals surface area (Å²) < 4.78 is 37.9. The first-order chi connectivity index (χ1) is 8.29. The van der Waals surface area contributed by atoms with Crippen LogP contribution >= 0.6 is 0 Å². The first-order valence-corrected chi connectivity index (χ1v) is 5.50. The first kappa shape index (κ1) is 14.3. The quantitative estimate of drug-likeness (QED) is 0.849. The standard InChI is InChI=1S/C12H15F3N2O/c1-3-7-17(2)11(18)8-5-4-6-9(10(8)16)12(13,14)15/h4-6H,3,7,16H2,1-2H3. The Kier molecular flexibility index (Phi) is 4.21. The highest BCUT2D eigenvalue weighted by atomic mass is 19.4. The van der Waals surface area contributed by atoms with Crippen molar-refractivity contribution in [1.29, 1.82) is 0 Å². The predicted octanol–water partition coefficient (Wildman–Crippen LogP) is 2.77. The number of rotatable bonds is 3. The van der Waals surface area contributed by atoms with Gasteiger partial charge in [-0.15, -0.1) is 0 Å². The van der Waals surface area contributed by atoms with E-state index in [1.165, 1.54) is 24.1 Å². The molecule has 6 heteroatoms. The zero-order chi connectivity index (χ0) is 13.9. The van der Waals surface area contributed by atoms with E-state index >= 15 is 0 Å². The predicted molar refractivity (Wildman–Crippen MR) is 63.1 cm³/mol. The number of nitrogen functional groups attached to an aromatic ring is 1. The summed E-state index contributed by atoms with van der Waals surface area (Å²) in [6.07, 6.45) is -3.83. The fourth-order valence-corrected chi connectivity index (χ4v) is 1.64. The van der Waals surface area contributed by atoms with Crippen molar-refractivity contribution in [2.75, 3.05) is 19.3 Å². The van der Waals surface area contributed by atoms with Crippen LogP contribution in [0.3, 0.4) is 0 Å². The Hall–Kier alpha value is -1.72. The lowest BCUT2D eigenvalue weighted by molar-refractivity contribution is -0.136. The van der Waals surface area contributed by atoms with Gasteiger partial charge in [0.05, 0.1) is 16.8 Å². The number of halogens is 3. The summed E-state index contributed by atoms with van der Waals surface area (Å²) >= 11 is 0. The van der Waals surface area contributed by atoms with E-state index < -0.39 is 23.3 Å². The molecule has 100 valence electrons. The summed E-state index contributed by atoms with van der Waals surface area (Å²) in [5, 5.41) is 0. The van der Waals surface area contributed by atoms with Gasteiger partial charge in [0.2, 0.25) is 0 Å². The van der Waals surface area contributed by atoms with Gasteiger partial charge in [-0.05, 0) is 18.6 Å². The molecule has 1 rings (SSSR count). The number of amides is 1. The van der Waals surface area contributed by atoms with Crippen LogP contribution in [0.5, 0.6) is 0 Å². The molecule has 0 radical (unpaired) electrons. The van der Waals surface area contributed by atoms with Crippen molar-refractivity contribution < 1.29 is 18.0 Å². The molecule has 1 aromatic carbocycles. The molecule has 3 nitrogen and oxygen atoms in total. The first-order valence-electron chi connectivity index (χ1n) is 5.50. The fraction of sp³-hybridized carbons (Fsp3) is 0.417. The van der Waals surface area contributed by atoms with Crippen molar-refractivity contribution in [2.45, 2.75) is 19.5 Å². The van der Waals surface area contributed by atoms with Crippen molar-refractivity contribution in [3.05, 3.63) is 29.3 Å². The summed E-state index contributed by atoms with van der Waals surface area (Å²) in [4.78, 5) is 13.3. The van der Waals surface area contributed by atoms with Gasteiger partial charge in [0.25, 0.3) is 5.91 Å². The highest BCUT2D eigenvalue weighted by Gasteiger charge is 2.34. The van der Waals surface area contributed by atoms with Crippen LogP contribution in [0.25, 0.3) is 0 Å². The Morgan fingerprint density at radius 2 is 2.00 bits per heavy atom. The van der Waals surface area contributed by atoms with Gasteiger partial charge in [-0.2, -0.15) is 13.2 Å². The normalized spacial score (nSPS) is 11.4. The number of carbonyl (C=O) groups excluding carboxylic acids is 1. The van der Waals surface area contributed by atoms with Crippen molar-refractivity contribution in [3.63, 3.8) is 0 Å². The van der Waals surface area contributed by atoms with Crippen LogP contribution in [0.15, 0.2) is 18.2 Å². The molecule has 2 N–H and O–H groups in total. The number of benzene rings is 1. The third-order valence-electron chi connectivity index (χ3n) is 2.55. The third-order valence-corrected chi connectivity index (χ3v) is 2.55. The summed E-state index contributed by atoms with van der Waals surface area (Å²) in [7, 11) is 1.53. The van der Waals surface area contributed by atoms with E-state index in [1.54, 1.807) is 0 Å². The molecule has 0 spiro atoms. The second-order valence-electron chi connectivity index (χ2n) is 3.99. The zero-order valence-corrected chi connectivity index (χ0v) is 10.2. The smallest absolute Gasteiger partial charge is 0.398 e. The Bertz CT molecular complexity index is 443. The number of nitrogens with zero attached hydrogens (tertiary/aromatic N) is 1. The van der Waals surface area contributed by atoms with E-state index in [9.17, 15) is 18.0 Å². The van der Waals surface area contributed by atoms with Crippen LogP contribution < -0.4 is 5.73 Å². The molecule has 0 unspecified atom stereocenters. The van der Waals surface area contributed by atoms with E-state index in [0.717, 1.165) is 12.5 Å². The van der Waals surface area contributed by atoms with Gasteiger partial charge in [0, 0.05) is 13.6 Å². The van der Waals surface area contributed by atoms with Gasteiger partial charge in [-0.1, -0.05) is 13.0 Å². The van der Waals surface area contributed by atoms with Crippen molar-refractivity contribution in [1.82, 2.24) is 4.90 Å². The lowest BCUT2D eigenvalue weighted by Crippen LogP contribution is -2.28. The molecule has 0 heterocycles. The Balaban J connectivity index is 3.15. The molecule has 0 bridgehead atoms.